The molecule has 2 aromatic rings. The molecule has 4 nitrogen and oxygen atoms in total. The lowest BCUT2D eigenvalue weighted by Gasteiger charge is -2.19. The van der Waals surface area contributed by atoms with E-state index in [4.69, 9.17) is 17.0 Å². The summed E-state index contributed by atoms with van der Waals surface area (Å²) < 4.78 is 4.73. The minimum atomic E-state index is -0.374. The molecule has 0 saturated carbocycles. The summed E-state index contributed by atoms with van der Waals surface area (Å²) in [6, 6.07) is 13.5. The monoisotopic (exact) mass is 342 g/mol. The standard InChI is InChI=1S/C19H22N2O2S/c1-12-8-9-17(13(2)10-12)14(3)20-19(24)21-16-7-5-6-15(11-16)18(22)23-4/h5-11,14H,1-4H3,(H2,20,21,24)/t14-/m1/s1. The first-order chi connectivity index (χ1) is 11.4. The molecule has 0 aliphatic heterocycles. The molecule has 0 aliphatic rings. The number of ether oxygens (including phenoxy) is 1. The topological polar surface area (TPSA) is 50.4 Å². The first-order valence-corrected chi connectivity index (χ1v) is 8.14. The van der Waals surface area contributed by atoms with E-state index in [2.05, 4.69) is 49.6 Å². The van der Waals surface area contributed by atoms with Crippen molar-refractivity contribution in [3.63, 3.8) is 0 Å². The van der Waals surface area contributed by atoms with Crippen LogP contribution in [-0.4, -0.2) is 18.2 Å². The molecule has 0 saturated heterocycles. The van der Waals surface area contributed by atoms with Gasteiger partial charge in [0.2, 0.25) is 0 Å². The highest BCUT2D eigenvalue weighted by Gasteiger charge is 2.11. The third-order valence-corrected chi connectivity index (χ3v) is 4.00. The third kappa shape index (κ3) is 4.55. The number of thiocarbonyl (C=S) groups is 1. The maximum atomic E-state index is 11.6. The average Bonchev–Trinajstić information content (AvgIpc) is 2.53. The van der Waals surface area contributed by atoms with Crippen LogP contribution in [0, 0.1) is 13.8 Å². The van der Waals surface area contributed by atoms with Gasteiger partial charge in [0, 0.05) is 5.69 Å². The molecule has 0 aliphatic carbocycles. The van der Waals surface area contributed by atoms with Crippen molar-refractivity contribution in [2.24, 2.45) is 0 Å². The number of carbonyl (C=O) groups is 1. The minimum absolute atomic E-state index is 0.0781. The summed E-state index contributed by atoms with van der Waals surface area (Å²) in [6.45, 7) is 6.24. The Bertz CT molecular complexity index is 759. The van der Waals surface area contributed by atoms with Gasteiger partial charge < -0.3 is 15.4 Å². The van der Waals surface area contributed by atoms with E-state index >= 15 is 0 Å². The van der Waals surface area contributed by atoms with Gasteiger partial charge in [0.25, 0.3) is 0 Å². The lowest BCUT2D eigenvalue weighted by atomic mass is 10.0. The quantitative estimate of drug-likeness (QED) is 0.646. The van der Waals surface area contributed by atoms with Gasteiger partial charge in [0.15, 0.2) is 5.11 Å². The van der Waals surface area contributed by atoms with Crippen LogP contribution in [0.5, 0.6) is 0 Å². The van der Waals surface area contributed by atoms with Crippen LogP contribution >= 0.6 is 12.2 Å². The molecule has 2 aromatic carbocycles. The highest BCUT2D eigenvalue weighted by Crippen LogP contribution is 2.19. The lowest BCUT2D eigenvalue weighted by Crippen LogP contribution is -2.31. The number of hydrogen-bond acceptors (Lipinski definition) is 3. The summed E-state index contributed by atoms with van der Waals surface area (Å²) in [7, 11) is 1.36. The summed E-state index contributed by atoms with van der Waals surface area (Å²) in [6.07, 6.45) is 0. The van der Waals surface area contributed by atoms with Crippen molar-refractivity contribution in [3.8, 4) is 0 Å². The van der Waals surface area contributed by atoms with E-state index in [0.29, 0.717) is 10.7 Å². The van der Waals surface area contributed by atoms with Crippen LogP contribution in [0.25, 0.3) is 0 Å². The van der Waals surface area contributed by atoms with Gasteiger partial charge in [-0.25, -0.2) is 4.79 Å². The fraction of sp³-hybridized carbons (Fsp3) is 0.263. The second-order valence-corrected chi connectivity index (χ2v) is 6.16. The SMILES string of the molecule is COC(=O)c1cccc(NC(=S)N[C@H](C)c2ccc(C)cc2C)c1. The third-order valence-electron chi connectivity index (χ3n) is 3.78. The zero-order valence-corrected chi connectivity index (χ0v) is 15.2. The highest BCUT2D eigenvalue weighted by atomic mass is 32.1. The minimum Gasteiger partial charge on any atom is -0.465 e. The molecule has 0 aromatic heterocycles. The second kappa shape index (κ2) is 7.93. The molecular weight excluding hydrogens is 320 g/mol. The second-order valence-electron chi connectivity index (χ2n) is 5.75. The van der Waals surface area contributed by atoms with Crippen LogP contribution in [0.15, 0.2) is 42.5 Å². The summed E-state index contributed by atoms with van der Waals surface area (Å²) in [5.41, 5.74) is 4.89. The number of rotatable bonds is 4. The van der Waals surface area contributed by atoms with Crippen molar-refractivity contribution in [3.05, 3.63) is 64.7 Å². The first-order valence-electron chi connectivity index (χ1n) is 7.73. The van der Waals surface area contributed by atoms with Crippen molar-refractivity contribution in [1.82, 2.24) is 5.32 Å². The zero-order chi connectivity index (χ0) is 17.7. The molecule has 2 rings (SSSR count). The Balaban J connectivity index is 2.04. The molecule has 1 atom stereocenters. The van der Waals surface area contributed by atoms with Crippen LogP contribution in [0.1, 0.15) is 40.0 Å². The number of hydrogen-bond donors (Lipinski definition) is 2. The number of methoxy groups -OCH3 is 1. The molecular formula is C19H22N2O2S. The molecule has 0 bridgehead atoms. The van der Waals surface area contributed by atoms with Crippen molar-refractivity contribution in [2.45, 2.75) is 26.8 Å². The number of nitrogens with one attached hydrogen (secondary N) is 2. The molecule has 5 heteroatoms. The van der Waals surface area contributed by atoms with Gasteiger partial charge in [0.05, 0.1) is 18.7 Å². The predicted octanol–water partition coefficient (Wildman–Crippen LogP) is 4.14. The first kappa shape index (κ1) is 17.9. The van der Waals surface area contributed by atoms with Gasteiger partial charge in [-0.15, -0.1) is 0 Å². The normalized spacial score (nSPS) is 11.5. The fourth-order valence-corrected chi connectivity index (χ4v) is 2.89. The Hall–Kier alpha value is -2.40. The lowest BCUT2D eigenvalue weighted by molar-refractivity contribution is 0.0601. The number of aryl methyl sites for hydroxylation is 2. The molecule has 0 radical (unpaired) electrons. The van der Waals surface area contributed by atoms with E-state index in [1.54, 1.807) is 18.2 Å². The number of anilines is 1. The van der Waals surface area contributed by atoms with Gasteiger partial charge in [-0.1, -0.05) is 29.8 Å². The van der Waals surface area contributed by atoms with E-state index in [9.17, 15) is 4.79 Å². The van der Waals surface area contributed by atoms with Crippen LogP contribution in [0.4, 0.5) is 5.69 Å². The molecule has 0 spiro atoms. The fourth-order valence-electron chi connectivity index (χ4n) is 2.59. The summed E-state index contributed by atoms with van der Waals surface area (Å²) >= 11 is 5.38. The van der Waals surface area contributed by atoms with Crippen LogP contribution in [0.2, 0.25) is 0 Å². The van der Waals surface area contributed by atoms with Crippen LogP contribution in [0.3, 0.4) is 0 Å². The molecule has 24 heavy (non-hydrogen) atoms. The van der Waals surface area contributed by atoms with E-state index in [1.807, 2.05) is 6.07 Å². The van der Waals surface area contributed by atoms with Crippen LogP contribution in [-0.2, 0) is 4.74 Å². The van der Waals surface area contributed by atoms with Crippen LogP contribution < -0.4 is 10.6 Å². The Morgan fingerprint density at radius 1 is 1.17 bits per heavy atom. The van der Waals surface area contributed by atoms with Gasteiger partial charge in [-0.3, -0.25) is 0 Å². The van der Waals surface area contributed by atoms with Gasteiger partial charge in [-0.05, 0) is 62.3 Å². The van der Waals surface area contributed by atoms with Crippen molar-refractivity contribution in [2.75, 3.05) is 12.4 Å². The predicted molar refractivity (Wildman–Crippen MR) is 101 cm³/mol. The Labute approximate surface area is 148 Å². The van der Waals surface area contributed by atoms with Gasteiger partial charge >= 0.3 is 5.97 Å². The maximum absolute atomic E-state index is 11.6. The number of esters is 1. The van der Waals surface area contributed by atoms with E-state index in [1.165, 1.54) is 23.8 Å². The molecule has 2 N–H and O–H groups in total. The number of carbonyl (C=O) groups excluding carboxylic acids is 1. The van der Waals surface area contributed by atoms with E-state index in [0.717, 1.165) is 5.69 Å². The largest absolute Gasteiger partial charge is 0.465 e. The zero-order valence-electron chi connectivity index (χ0n) is 14.3. The van der Waals surface area contributed by atoms with E-state index in [-0.39, 0.29) is 12.0 Å². The van der Waals surface area contributed by atoms with Crippen molar-refractivity contribution < 1.29 is 9.53 Å². The summed E-state index contributed by atoms with van der Waals surface area (Å²) in [5, 5.41) is 6.88. The van der Waals surface area contributed by atoms with Crippen molar-refractivity contribution in [1.29, 1.82) is 0 Å². The Morgan fingerprint density at radius 2 is 1.92 bits per heavy atom. The smallest absolute Gasteiger partial charge is 0.337 e. The Morgan fingerprint density at radius 3 is 2.58 bits per heavy atom. The highest BCUT2D eigenvalue weighted by molar-refractivity contribution is 7.80. The molecule has 0 unspecified atom stereocenters. The summed E-state index contributed by atoms with van der Waals surface area (Å²) in [4.78, 5) is 11.6. The number of benzene rings is 2. The average molecular weight is 342 g/mol. The van der Waals surface area contributed by atoms with Gasteiger partial charge in [-0.2, -0.15) is 0 Å². The molecule has 0 amide bonds. The summed E-state index contributed by atoms with van der Waals surface area (Å²) in [5.74, 6) is -0.374. The molecule has 126 valence electrons. The maximum Gasteiger partial charge on any atom is 0.337 e. The molecule has 0 heterocycles. The van der Waals surface area contributed by atoms with Crippen molar-refractivity contribution >= 4 is 29.0 Å². The van der Waals surface area contributed by atoms with E-state index < -0.39 is 0 Å². The molecule has 0 fully saturated rings. The van der Waals surface area contributed by atoms with Gasteiger partial charge in [0.1, 0.15) is 0 Å². The Kier molecular flexibility index (Phi) is 5.93.